The molecule has 1 aliphatic carbocycles. The average molecular weight is 363 g/mol. The summed E-state index contributed by atoms with van der Waals surface area (Å²) in [6, 6.07) is 5.32. The van der Waals surface area contributed by atoms with Crippen LogP contribution in [0.5, 0.6) is 0 Å². The fourth-order valence-electron chi connectivity index (χ4n) is 2.94. The highest BCUT2D eigenvalue weighted by atomic mass is 35.5. The Bertz CT molecular complexity index is 707. The first-order valence-electron chi connectivity index (χ1n) is 8.26. The minimum absolute atomic E-state index is 0.0636. The molecule has 0 saturated heterocycles. The molecule has 134 valence electrons. The summed E-state index contributed by atoms with van der Waals surface area (Å²) >= 11 is 6.10. The molecular formula is C19H23ClN2O3. The molecule has 0 radical (unpaired) electrons. The third-order valence-electron chi connectivity index (χ3n) is 4.36. The van der Waals surface area contributed by atoms with Crippen molar-refractivity contribution >= 4 is 29.4 Å². The molecule has 25 heavy (non-hydrogen) atoms. The van der Waals surface area contributed by atoms with Crippen LogP contribution in [0.2, 0.25) is 5.02 Å². The van der Waals surface area contributed by atoms with Gasteiger partial charge in [-0.3, -0.25) is 4.99 Å². The lowest BCUT2D eigenvalue weighted by molar-refractivity contribution is -0.133. The van der Waals surface area contributed by atoms with Crippen molar-refractivity contribution in [3.05, 3.63) is 52.7 Å². The maximum atomic E-state index is 11.0. The van der Waals surface area contributed by atoms with E-state index in [4.69, 9.17) is 22.4 Å². The molecule has 5 nitrogen and oxygen atoms in total. The number of carboxylic acids is 1. The number of rotatable bonds is 7. The van der Waals surface area contributed by atoms with Crippen LogP contribution in [0.4, 0.5) is 0 Å². The van der Waals surface area contributed by atoms with Crippen LogP contribution < -0.4 is 5.73 Å². The second-order valence-corrected chi connectivity index (χ2v) is 6.64. The molecule has 0 amide bonds. The molecule has 1 aromatic carbocycles. The number of aliphatic imine (C=N–C) groups is 1. The Balaban J connectivity index is 2.29. The Morgan fingerprint density at radius 2 is 2.12 bits per heavy atom. The fourth-order valence-corrected chi connectivity index (χ4v) is 3.11. The van der Waals surface area contributed by atoms with Gasteiger partial charge in [-0.2, -0.15) is 0 Å². The Kier molecular flexibility index (Phi) is 6.79. The zero-order chi connectivity index (χ0) is 18.4. The quantitative estimate of drug-likeness (QED) is 0.508. The van der Waals surface area contributed by atoms with E-state index in [1.807, 2.05) is 0 Å². The molecule has 1 saturated carbocycles. The largest absolute Gasteiger partial charge is 0.478 e. The van der Waals surface area contributed by atoms with E-state index in [1.165, 1.54) is 19.0 Å². The van der Waals surface area contributed by atoms with Crippen LogP contribution in [-0.4, -0.2) is 28.4 Å². The van der Waals surface area contributed by atoms with Gasteiger partial charge in [0.05, 0.1) is 6.10 Å². The molecular weight excluding hydrogens is 340 g/mol. The summed E-state index contributed by atoms with van der Waals surface area (Å²) in [5.41, 5.74) is 7.53. The van der Waals surface area contributed by atoms with Gasteiger partial charge < -0.3 is 15.9 Å². The summed E-state index contributed by atoms with van der Waals surface area (Å²) in [5, 5.41) is 19.9. The minimum Gasteiger partial charge on any atom is -0.478 e. The summed E-state index contributed by atoms with van der Waals surface area (Å²) in [6.45, 7) is 3.47. The first-order valence-corrected chi connectivity index (χ1v) is 8.64. The summed E-state index contributed by atoms with van der Waals surface area (Å²) in [7, 11) is 0. The molecule has 1 unspecified atom stereocenters. The second-order valence-electron chi connectivity index (χ2n) is 6.20. The molecule has 2 rings (SSSR count). The van der Waals surface area contributed by atoms with E-state index in [9.17, 15) is 9.90 Å². The number of nitrogens with two attached hydrogens (primary N) is 1. The lowest BCUT2D eigenvalue weighted by atomic mass is 9.93. The number of halogens is 1. The topological polar surface area (TPSA) is 95.9 Å². The molecule has 1 aromatic rings. The van der Waals surface area contributed by atoms with Crippen molar-refractivity contribution in [1.82, 2.24) is 0 Å². The summed E-state index contributed by atoms with van der Waals surface area (Å²) < 4.78 is 0. The third kappa shape index (κ3) is 5.18. The van der Waals surface area contributed by atoms with E-state index in [-0.39, 0.29) is 12.0 Å². The van der Waals surface area contributed by atoms with Crippen LogP contribution in [0, 0.1) is 0 Å². The summed E-state index contributed by atoms with van der Waals surface area (Å²) in [4.78, 5) is 15.5. The van der Waals surface area contributed by atoms with Gasteiger partial charge in [0.2, 0.25) is 0 Å². The Labute approximate surface area is 152 Å². The average Bonchev–Trinajstić information content (AvgIpc) is 3.08. The van der Waals surface area contributed by atoms with Gasteiger partial charge in [-0.05, 0) is 36.1 Å². The van der Waals surface area contributed by atoms with Gasteiger partial charge in [-0.25, -0.2) is 4.79 Å². The number of aliphatic hydroxyl groups excluding tert-OH is 1. The third-order valence-corrected chi connectivity index (χ3v) is 4.59. The van der Waals surface area contributed by atoms with Crippen LogP contribution in [-0.2, 0) is 4.79 Å². The standard InChI is InChI=1S/C19H23ClN2O3/c1-12(19(24)25)8-18(23)16-7-6-14(20)9-17(16)13(10-21)11-22-15-4-2-3-5-15/h6-7,9-11,15,18,23H,1-5,8,21H2,(H,24,25)/b13-10+,22-11?. The Morgan fingerprint density at radius 1 is 1.44 bits per heavy atom. The van der Waals surface area contributed by atoms with E-state index in [0.29, 0.717) is 27.8 Å². The van der Waals surface area contributed by atoms with Crippen molar-refractivity contribution in [3.63, 3.8) is 0 Å². The Hall–Kier alpha value is -2.11. The van der Waals surface area contributed by atoms with E-state index in [1.54, 1.807) is 24.4 Å². The van der Waals surface area contributed by atoms with E-state index in [2.05, 4.69) is 11.6 Å². The summed E-state index contributed by atoms with van der Waals surface area (Å²) in [6.07, 6.45) is 6.53. The van der Waals surface area contributed by atoms with Crippen molar-refractivity contribution in [2.24, 2.45) is 10.7 Å². The molecule has 0 spiro atoms. The van der Waals surface area contributed by atoms with Crippen molar-refractivity contribution in [3.8, 4) is 0 Å². The second kappa shape index (κ2) is 8.83. The lowest BCUT2D eigenvalue weighted by Crippen LogP contribution is -2.09. The monoisotopic (exact) mass is 362 g/mol. The number of nitrogens with zero attached hydrogens (tertiary/aromatic N) is 1. The summed E-state index contributed by atoms with van der Waals surface area (Å²) in [5.74, 6) is -1.13. The molecule has 1 aliphatic rings. The van der Waals surface area contributed by atoms with Crippen LogP contribution in [0.15, 0.2) is 41.5 Å². The van der Waals surface area contributed by atoms with Crippen molar-refractivity contribution in [2.45, 2.75) is 44.2 Å². The van der Waals surface area contributed by atoms with Gasteiger partial charge in [-0.15, -0.1) is 0 Å². The van der Waals surface area contributed by atoms with Crippen LogP contribution in [0.3, 0.4) is 0 Å². The van der Waals surface area contributed by atoms with Crippen LogP contribution in [0.25, 0.3) is 5.57 Å². The highest BCUT2D eigenvalue weighted by molar-refractivity contribution is 6.31. The predicted molar refractivity (Wildman–Crippen MR) is 101 cm³/mol. The van der Waals surface area contributed by atoms with Crippen molar-refractivity contribution < 1.29 is 15.0 Å². The van der Waals surface area contributed by atoms with Gasteiger partial charge in [0.25, 0.3) is 0 Å². The van der Waals surface area contributed by atoms with Gasteiger partial charge >= 0.3 is 5.97 Å². The zero-order valence-electron chi connectivity index (χ0n) is 14.0. The number of carbonyl (C=O) groups is 1. The van der Waals surface area contributed by atoms with Crippen molar-refractivity contribution in [2.75, 3.05) is 0 Å². The van der Waals surface area contributed by atoms with Gasteiger partial charge in [0.1, 0.15) is 0 Å². The van der Waals surface area contributed by atoms with Gasteiger partial charge in [0.15, 0.2) is 0 Å². The van der Waals surface area contributed by atoms with Crippen LogP contribution in [0.1, 0.15) is 49.3 Å². The zero-order valence-corrected chi connectivity index (χ0v) is 14.7. The molecule has 6 heteroatoms. The molecule has 0 bridgehead atoms. The fraction of sp³-hybridized carbons (Fsp3) is 0.368. The maximum absolute atomic E-state index is 11.0. The number of hydrogen-bond donors (Lipinski definition) is 3. The number of carboxylic acid groups (broad SMARTS) is 1. The van der Waals surface area contributed by atoms with E-state index >= 15 is 0 Å². The molecule has 1 fully saturated rings. The normalized spacial score (nSPS) is 17.1. The van der Waals surface area contributed by atoms with E-state index in [0.717, 1.165) is 12.8 Å². The molecule has 0 aliphatic heterocycles. The smallest absolute Gasteiger partial charge is 0.331 e. The maximum Gasteiger partial charge on any atom is 0.331 e. The lowest BCUT2D eigenvalue weighted by Gasteiger charge is -2.17. The SMILES string of the molecule is C=C(CC(O)c1ccc(Cl)cc1/C(C=NC1CCCC1)=C/N)C(=O)O. The van der Waals surface area contributed by atoms with Crippen LogP contribution >= 0.6 is 11.6 Å². The highest BCUT2D eigenvalue weighted by Crippen LogP contribution is 2.30. The first-order chi connectivity index (χ1) is 11.9. The molecule has 0 heterocycles. The highest BCUT2D eigenvalue weighted by Gasteiger charge is 2.19. The van der Waals surface area contributed by atoms with Crippen molar-refractivity contribution in [1.29, 1.82) is 0 Å². The molecule has 4 N–H and O–H groups in total. The number of allylic oxidation sites excluding steroid dienone is 1. The van der Waals surface area contributed by atoms with Gasteiger partial charge in [0, 0.05) is 41.0 Å². The molecule has 1 atom stereocenters. The molecule has 0 aromatic heterocycles. The number of aliphatic hydroxyl groups is 1. The minimum atomic E-state index is -1.13. The van der Waals surface area contributed by atoms with E-state index < -0.39 is 12.1 Å². The predicted octanol–water partition coefficient (Wildman–Crippen LogP) is 3.72. The number of benzene rings is 1. The first kappa shape index (κ1) is 19.2. The van der Waals surface area contributed by atoms with Gasteiger partial charge in [-0.1, -0.05) is 37.1 Å². The number of aliphatic carboxylic acids is 1. The number of hydrogen-bond acceptors (Lipinski definition) is 4. The Morgan fingerprint density at radius 3 is 2.72 bits per heavy atom.